The summed E-state index contributed by atoms with van der Waals surface area (Å²) in [5.41, 5.74) is 3.45. The number of nitrogens with one attached hydrogen (secondary N) is 1. The summed E-state index contributed by atoms with van der Waals surface area (Å²) in [6.07, 6.45) is 3.83. The summed E-state index contributed by atoms with van der Waals surface area (Å²) in [4.78, 5) is 15.3. The SMILES string of the molecule is CCn1c(=O)c2c(C)[nH]nc2c2cc(C#CCN3[C@H](C)CCC[C@@H]3C)ccc21. The Hall–Kier alpha value is -2.58. The van der Waals surface area contributed by atoms with E-state index in [4.69, 9.17) is 0 Å². The molecule has 1 aliphatic rings. The van der Waals surface area contributed by atoms with E-state index in [-0.39, 0.29) is 5.56 Å². The zero-order valence-corrected chi connectivity index (χ0v) is 17.2. The van der Waals surface area contributed by atoms with Gasteiger partial charge in [0.05, 0.1) is 17.4 Å². The molecule has 3 heterocycles. The molecule has 1 N–H and O–H groups in total. The average molecular weight is 377 g/mol. The number of pyridine rings is 1. The number of likely N-dealkylation sites (tertiary alicyclic amines) is 1. The smallest absolute Gasteiger partial charge is 0.262 e. The van der Waals surface area contributed by atoms with E-state index < -0.39 is 0 Å². The van der Waals surface area contributed by atoms with Crippen molar-refractivity contribution < 1.29 is 0 Å². The van der Waals surface area contributed by atoms with Gasteiger partial charge in [-0.2, -0.15) is 5.10 Å². The van der Waals surface area contributed by atoms with Crippen molar-refractivity contribution in [3.63, 3.8) is 0 Å². The summed E-state index contributed by atoms with van der Waals surface area (Å²) < 4.78 is 1.81. The molecule has 0 radical (unpaired) electrons. The summed E-state index contributed by atoms with van der Waals surface area (Å²) in [7, 11) is 0. The fourth-order valence-corrected chi connectivity index (χ4v) is 4.50. The third-order valence-electron chi connectivity index (χ3n) is 6.14. The van der Waals surface area contributed by atoms with Crippen molar-refractivity contribution >= 4 is 21.8 Å². The average Bonchev–Trinajstić information content (AvgIpc) is 3.07. The number of hydrogen-bond donors (Lipinski definition) is 1. The number of piperidine rings is 1. The fraction of sp³-hybridized carbons (Fsp3) is 0.478. The molecule has 2 atom stereocenters. The van der Waals surface area contributed by atoms with Gasteiger partial charge in [0, 0.05) is 35.3 Å². The predicted octanol–water partition coefficient (Wildman–Crippen LogP) is 3.82. The molecule has 0 aliphatic carbocycles. The number of H-pyrrole nitrogens is 1. The third kappa shape index (κ3) is 3.12. The van der Waals surface area contributed by atoms with Gasteiger partial charge in [-0.1, -0.05) is 18.3 Å². The maximum atomic E-state index is 12.8. The molecule has 0 amide bonds. The summed E-state index contributed by atoms with van der Waals surface area (Å²) in [6.45, 7) is 9.92. The van der Waals surface area contributed by atoms with E-state index in [2.05, 4.69) is 46.9 Å². The Morgan fingerprint density at radius 1 is 1.25 bits per heavy atom. The monoisotopic (exact) mass is 376 g/mol. The minimum atomic E-state index is 0.0168. The highest BCUT2D eigenvalue weighted by Gasteiger charge is 2.23. The first-order chi connectivity index (χ1) is 13.5. The van der Waals surface area contributed by atoms with Crippen molar-refractivity contribution in [1.29, 1.82) is 0 Å². The Kier molecular flexibility index (Phi) is 4.99. The van der Waals surface area contributed by atoms with Crippen molar-refractivity contribution in [2.45, 2.75) is 65.6 Å². The summed E-state index contributed by atoms with van der Waals surface area (Å²) in [5.74, 6) is 6.70. The summed E-state index contributed by atoms with van der Waals surface area (Å²) >= 11 is 0. The lowest BCUT2D eigenvalue weighted by molar-refractivity contribution is 0.121. The summed E-state index contributed by atoms with van der Waals surface area (Å²) in [5, 5.41) is 9.03. The molecule has 5 nitrogen and oxygen atoms in total. The van der Waals surface area contributed by atoms with Gasteiger partial charge in [-0.25, -0.2) is 0 Å². The molecule has 1 aliphatic heterocycles. The Morgan fingerprint density at radius 3 is 2.71 bits per heavy atom. The van der Waals surface area contributed by atoms with Crippen LogP contribution in [0.4, 0.5) is 0 Å². The van der Waals surface area contributed by atoms with Gasteiger partial charge >= 0.3 is 0 Å². The molecule has 1 fully saturated rings. The number of aryl methyl sites for hydroxylation is 2. The lowest BCUT2D eigenvalue weighted by atomic mass is 9.98. The quantitative estimate of drug-likeness (QED) is 0.692. The van der Waals surface area contributed by atoms with Gasteiger partial charge in [-0.15, -0.1) is 0 Å². The minimum absolute atomic E-state index is 0.0168. The fourth-order valence-electron chi connectivity index (χ4n) is 4.50. The molecule has 28 heavy (non-hydrogen) atoms. The van der Waals surface area contributed by atoms with Crippen LogP contribution in [-0.2, 0) is 6.54 Å². The number of hydrogen-bond acceptors (Lipinski definition) is 3. The molecule has 1 aromatic carbocycles. The van der Waals surface area contributed by atoms with Crippen LogP contribution < -0.4 is 5.56 Å². The van der Waals surface area contributed by atoms with E-state index in [1.54, 1.807) is 0 Å². The van der Waals surface area contributed by atoms with Crippen LogP contribution in [0.1, 0.15) is 51.3 Å². The van der Waals surface area contributed by atoms with Crippen molar-refractivity contribution in [1.82, 2.24) is 19.7 Å². The predicted molar refractivity (Wildman–Crippen MR) is 115 cm³/mol. The molecule has 3 aromatic rings. The molecule has 0 spiro atoms. The van der Waals surface area contributed by atoms with E-state index in [0.717, 1.165) is 34.2 Å². The van der Waals surface area contributed by atoms with Crippen molar-refractivity contribution in [3.05, 3.63) is 39.8 Å². The molecular formula is C23H28N4O. The molecule has 0 bridgehead atoms. The first-order valence-corrected chi connectivity index (χ1v) is 10.3. The van der Waals surface area contributed by atoms with Gasteiger partial charge in [0.25, 0.3) is 5.56 Å². The Labute approximate surface area is 165 Å². The molecule has 0 unspecified atom stereocenters. The maximum absolute atomic E-state index is 12.8. The van der Waals surface area contributed by atoms with Gasteiger partial charge in [-0.3, -0.25) is 14.8 Å². The lowest BCUT2D eigenvalue weighted by Gasteiger charge is -2.37. The molecule has 5 heteroatoms. The zero-order valence-electron chi connectivity index (χ0n) is 17.2. The maximum Gasteiger partial charge on any atom is 0.262 e. The van der Waals surface area contributed by atoms with Crippen LogP contribution in [0.25, 0.3) is 21.8 Å². The van der Waals surface area contributed by atoms with Crippen LogP contribution in [0, 0.1) is 18.8 Å². The largest absolute Gasteiger partial charge is 0.308 e. The van der Waals surface area contributed by atoms with Crippen LogP contribution in [0.5, 0.6) is 0 Å². The number of nitrogens with zero attached hydrogens (tertiary/aromatic N) is 3. The molecule has 1 saturated heterocycles. The highest BCUT2D eigenvalue weighted by Crippen LogP contribution is 2.24. The normalized spacial score (nSPS) is 20.4. The van der Waals surface area contributed by atoms with Crippen LogP contribution in [0.15, 0.2) is 23.0 Å². The van der Waals surface area contributed by atoms with Crippen molar-refractivity contribution in [2.75, 3.05) is 6.54 Å². The number of rotatable bonds is 2. The molecule has 146 valence electrons. The van der Waals surface area contributed by atoms with Gasteiger partial charge in [0.1, 0.15) is 5.52 Å². The molecule has 4 rings (SSSR count). The van der Waals surface area contributed by atoms with E-state index >= 15 is 0 Å². The number of aromatic nitrogens is 3. The van der Waals surface area contributed by atoms with Crippen LogP contribution in [0.2, 0.25) is 0 Å². The first-order valence-electron chi connectivity index (χ1n) is 10.3. The van der Waals surface area contributed by atoms with Crippen molar-refractivity contribution in [3.8, 4) is 11.8 Å². The van der Waals surface area contributed by atoms with Crippen LogP contribution >= 0.6 is 0 Å². The van der Waals surface area contributed by atoms with Gasteiger partial charge in [0.15, 0.2) is 0 Å². The highest BCUT2D eigenvalue weighted by molar-refractivity contribution is 6.04. The second-order valence-electron chi connectivity index (χ2n) is 7.96. The van der Waals surface area contributed by atoms with E-state index in [0.29, 0.717) is 24.0 Å². The zero-order chi connectivity index (χ0) is 19.8. The Bertz CT molecular complexity index is 1130. The van der Waals surface area contributed by atoms with Crippen LogP contribution in [0.3, 0.4) is 0 Å². The van der Waals surface area contributed by atoms with E-state index in [1.807, 2.05) is 30.5 Å². The topological polar surface area (TPSA) is 53.9 Å². The lowest BCUT2D eigenvalue weighted by Crippen LogP contribution is -2.43. The first kappa shape index (κ1) is 18.8. The van der Waals surface area contributed by atoms with E-state index in [9.17, 15) is 4.79 Å². The standard InChI is InChI=1S/C23H28N4O/c1-5-26-20-12-11-18(10-7-13-27-15(2)8-6-9-16(27)3)14-19(20)22-21(23(26)28)17(4)24-25-22/h11-12,14-16H,5-6,8-9,13H2,1-4H3,(H,24,25)/t15-,16+. The third-order valence-corrected chi connectivity index (χ3v) is 6.14. The number of aromatic amines is 1. The van der Waals surface area contributed by atoms with Gasteiger partial charge in [-0.05, 0) is 58.7 Å². The number of benzene rings is 1. The molecular weight excluding hydrogens is 348 g/mol. The Morgan fingerprint density at radius 2 is 2.00 bits per heavy atom. The van der Waals surface area contributed by atoms with Crippen LogP contribution in [-0.4, -0.2) is 38.3 Å². The minimum Gasteiger partial charge on any atom is -0.308 e. The molecule has 2 aromatic heterocycles. The highest BCUT2D eigenvalue weighted by atomic mass is 16.1. The summed E-state index contributed by atoms with van der Waals surface area (Å²) in [6, 6.07) is 7.27. The number of fused-ring (bicyclic) bond motifs is 3. The second kappa shape index (κ2) is 7.44. The van der Waals surface area contributed by atoms with Crippen molar-refractivity contribution in [2.24, 2.45) is 0 Å². The second-order valence-corrected chi connectivity index (χ2v) is 7.96. The van der Waals surface area contributed by atoms with E-state index in [1.165, 1.54) is 19.3 Å². The Balaban J connectivity index is 1.74. The van der Waals surface area contributed by atoms with Gasteiger partial charge in [0.2, 0.25) is 0 Å². The molecule has 0 saturated carbocycles. The van der Waals surface area contributed by atoms with Gasteiger partial charge < -0.3 is 4.57 Å².